The highest BCUT2D eigenvalue weighted by Gasteiger charge is 2.23. The van der Waals surface area contributed by atoms with Crippen LogP contribution in [0.2, 0.25) is 0 Å². The maximum absolute atomic E-state index is 12.5. The molecule has 0 spiro atoms. The molecule has 1 amide bonds. The maximum Gasteiger partial charge on any atom is 0.251 e. The van der Waals surface area contributed by atoms with Gasteiger partial charge < -0.3 is 14.4 Å². The summed E-state index contributed by atoms with van der Waals surface area (Å²) in [6.07, 6.45) is 3.18. The van der Waals surface area contributed by atoms with E-state index in [2.05, 4.69) is 23.6 Å². The first-order valence-corrected chi connectivity index (χ1v) is 9.00. The van der Waals surface area contributed by atoms with E-state index in [1.165, 1.54) is 5.56 Å². The van der Waals surface area contributed by atoms with E-state index in [4.69, 9.17) is 9.47 Å². The van der Waals surface area contributed by atoms with E-state index < -0.39 is 0 Å². The van der Waals surface area contributed by atoms with Crippen molar-refractivity contribution in [2.45, 2.75) is 32.4 Å². The van der Waals surface area contributed by atoms with E-state index in [1.807, 2.05) is 24.0 Å². The van der Waals surface area contributed by atoms with Crippen LogP contribution in [0.4, 0.5) is 0 Å². The zero-order valence-corrected chi connectivity index (χ0v) is 15.4. The number of ether oxygens (including phenoxy) is 2. The smallest absolute Gasteiger partial charge is 0.251 e. The first kappa shape index (κ1) is 19.5. The fourth-order valence-electron chi connectivity index (χ4n) is 3.00. The van der Waals surface area contributed by atoms with Crippen LogP contribution in [0.15, 0.2) is 36.9 Å². The minimum absolute atomic E-state index is 0.0929. The fraction of sp³-hybridized carbons (Fsp3) is 0.550. The van der Waals surface area contributed by atoms with Crippen molar-refractivity contribution in [2.75, 3.05) is 39.9 Å². The van der Waals surface area contributed by atoms with Gasteiger partial charge in [-0.05, 0) is 37.5 Å². The summed E-state index contributed by atoms with van der Waals surface area (Å²) >= 11 is 0. The van der Waals surface area contributed by atoms with Crippen LogP contribution in [0, 0.1) is 0 Å². The Labute approximate surface area is 151 Å². The zero-order chi connectivity index (χ0) is 18.1. The Hall–Kier alpha value is -1.85. The van der Waals surface area contributed by atoms with Crippen LogP contribution in [-0.2, 0) is 16.1 Å². The lowest BCUT2D eigenvalue weighted by molar-refractivity contribution is -0.142. The standard InChI is InChI=1S/C20H30N2O3/c1-4-5-15-25-17(2)20(23)22-12-6-11-21(13-14-22)16-18-7-9-19(24-3)10-8-18/h4,7-10,17H,1,5-6,11-16H2,2-3H3. The molecule has 1 aromatic carbocycles. The molecular weight excluding hydrogens is 316 g/mol. The Morgan fingerprint density at radius 1 is 1.24 bits per heavy atom. The molecule has 0 saturated carbocycles. The summed E-state index contributed by atoms with van der Waals surface area (Å²) in [6, 6.07) is 8.18. The molecule has 1 aliphatic heterocycles. The minimum Gasteiger partial charge on any atom is -0.497 e. The van der Waals surface area contributed by atoms with Crippen molar-refractivity contribution in [3.8, 4) is 5.75 Å². The molecule has 1 aliphatic rings. The van der Waals surface area contributed by atoms with E-state index in [-0.39, 0.29) is 12.0 Å². The van der Waals surface area contributed by atoms with Crippen LogP contribution in [-0.4, -0.2) is 61.7 Å². The lowest BCUT2D eigenvalue weighted by Crippen LogP contribution is -2.41. The van der Waals surface area contributed by atoms with Crippen molar-refractivity contribution >= 4 is 5.91 Å². The van der Waals surface area contributed by atoms with E-state index in [0.29, 0.717) is 6.61 Å². The Kier molecular flexibility index (Phi) is 7.95. The molecule has 138 valence electrons. The van der Waals surface area contributed by atoms with Crippen molar-refractivity contribution in [3.63, 3.8) is 0 Å². The summed E-state index contributed by atoms with van der Waals surface area (Å²) < 4.78 is 10.8. The first-order chi connectivity index (χ1) is 12.1. The molecule has 0 aliphatic carbocycles. The lowest BCUT2D eigenvalue weighted by atomic mass is 10.2. The average molecular weight is 346 g/mol. The largest absolute Gasteiger partial charge is 0.497 e. The third kappa shape index (κ3) is 6.18. The Morgan fingerprint density at radius 2 is 2.00 bits per heavy atom. The predicted octanol–water partition coefficient (Wildman–Crippen LogP) is 2.71. The van der Waals surface area contributed by atoms with Crippen molar-refractivity contribution in [2.24, 2.45) is 0 Å². The molecule has 1 heterocycles. The average Bonchev–Trinajstić information content (AvgIpc) is 2.87. The topological polar surface area (TPSA) is 42.0 Å². The van der Waals surface area contributed by atoms with Crippen molar-refractivity contribution in [1.29, 1.82) is 0 Å². The SMILES string of the molecule is C=CCCOC(C)C(=O)N1CCCN(Cc2ccc(OC)cc2)CC1. The van der Waals surface area contributed by atoms with Gasteiger partial charge in [-0.1, -0.05) is 18.2 Å². The van der Waals surface area contributed by atoms with Gasteiger partial charge in [0, 0.05) is 32.7 Å². The number of hydrogen-bond donors (Lipinski definition) is 0. The summed E-state index contributed by atoms with van der Waals surface area (Å²) in [5.74, 6) is 0.970. The second-order valence-corrected chi connectivity index (χ2v) is 6.39. The van der Waals surface area contributed by atoms with Crippen LogP contribution >= 0.6 is 0 Å². The van der Waals surface area contributed by atoms with Gasteiger partial charge in [0.15, 0.2) is 0 Å². The summed E-state index contributed by atoms with van der Waals surface area (Å²) in [5, 5.41) is 0. The van der Waals surface area contributed by atoms with Gasteiger partial charge >= 0.3 is 0 Å². The minimum atomic E-state index is -0.381. The molecule has 5 heteroatoms. The quantitative estimate of drug-likeness (QED) is 0.536. The predicted molar refractivity (Wildman–Crippen MR) is 99.7 cm³/mol. The van der Waals surface area contributed by atoms with Gasteiger partial charge in [0.2, 0.25) is 0 Å². The molecule has 0 bridgehead atoms. The van der Waals surface area contributed by atoms with Gasteiger partial charge in [-0.25, -0.2) is 0 Å². The Morgan fingerprint density at radius 3 is 2.68 bits per heavy atom. The molecule has 2 rings (SSSR count). The third-order valence-electron chi connectivity index (χ3n) is 4.50. The van der Waals surface area contributed by atoms with Crippen LogP contribution in [0.5, 0.6) is 5.75 Å². The number of rotatable bonds is 8. The second-order valence-electron chi connectivity index (χ2n) is 6.39. The molecular formula is C20H30N2O3. The van der Waals surface area contributed by atoms with Gasteiger partial charge in [0.25, 0.3) is 5.91 Å². The number of methoxy groups -OCH3 is 1. The first-order valence-electron chi connectivity index (χ1n) is 9.00. The molecule has 1 aromatic rings. The van der Waals surface area contributed by atoms with Crippen LogP contribution in [0.25, 0.3) is 0 Å². The highest BCUT2D eigenvalue weighted by atomic mass is 16.5. The molecule has 25 heavy (non-hydrogen) atoms. The number of benzene rings is 1. The van der Waals surface area contributed by atoms with Gasteiger partial charge in [-0.2, -0.15) is 0 Å². The Bertz CT molecular complexity index is 544. The van der Waals surface area contributed by atoms with Gasteiger partial charge in [0.1, 0.15) is 11.9 Å². The summed E-state index contributed by atoms with van der Waals surface area (Å²) in [6.45, 7) is 10.4. The highest BCUT2D eigenvalue weighted by molar-refractivity contribution is 5.80. The zero-order valence-electron chi connectivity index (χ0n) is 15.4. The van der Waals surface area contributed by atoms with Crippen molar-refractivity contribution < 1.29 is 14.3 Å². The molecule has 0 N–H and O–H groups in total. The number of nitrogens with zero attached hydrogens (tertiary/aromatic N) is 2. The van der Waals surface area contributed by atoms with Crippen LogP contribution < -0.4 is 4.74 Å². The second kappa shape index (κ2) is 10.2. The monoisotopic (exact) mass is 346 g/mol. The summed E-state index contributed by atoms with van der Waals surface area (Å²) in [4.78, 5) is 16.9. The fourth-order valence-corrected chi connectivity index (χ4v) is 3.00. The molecule has 1 saturated heterocycles. The normalized spacial score (nSPS) is 17.0. The molecule has 1 unspecified atom stereocenters. The van der Waals surface area contributed by atoms with E-state index in [1.54, 1.807) is 13.2 Å². The number of carbonyl (C=O) groups is 1. The van der Waals surface area contributed by atoms with Gasteiger partial charge in [-0.15, -0.1) is 6.58 Å². The van der Waals surface area contributed by atoms with Crippen LogP contribution in [0.1, 0.15) is 25.3 Å². The number of carbonyl (C=O) groups excluding carboxylic acids is 1. The van der Waals surface area contributed by atoms with Gasteiger partial charge in [0.05, 0.1) is 13.7 Å². The van der Waals surface area contributed by atoms with E-state index in [0.717, 1.165) is 51.3 Å². The van der Waals surface area contributed by atoms with Crippen molar-refractivity contribution in [3.05, 3.63) is 42.5 Å². The maximum atomic E-state index is 12.5. The van der Waals surface area contributed by atoms with Crippen LogP contribution in [0.3, 0.4) is 0 Å². The molecule has 1 atom stereocenters. The van der Waals surface area contributed by atoms with Gasteiger partial charge in [-0.3, -0.25) is 9.69 Å². The highest BCUT2D eigenvalue weighted by Crippen LogP contribution is 2.14. The molecule has 0 aromatic heterocycles. The Balaban J connectivity index is 1.82. The number of amides is 1. The lowest BCUT2D eigenvalue weighted by Gasteiger charge is -2.25. The third-order valence-corrected chi connectivity index (χ3v) is 4.50. The summed E-state index contributed by atoms with van der Waals surface area (Å²) in [5.41, 5.74) is 1.27. The van der Waals surface area contributed by atoms with Crippen molar-refractivity contribution in [1.82, 2.24) is 9.80 Å². The van der Waals surface area contributed by atoms with E-state index in [9.17, 15) is 4.79 Å². The summed E-state index contributed by atoms with van der Waals surface area (Å²) in [7, 11) is 1.68. The molecule has 5 nitrogen and oxygen atoms in total. The molecule has 0 radical (unpaired) electrons. The van der Waals surface area contributed by atoms with E-state index >= 15 is 0 Å². The number of hydrogen-bond acceptors (Lipinski definition) is 4. The molecule has 1 fully saturated rings.